The summed E-state index contributed by atoms with van der Waals surface area (Å²) in [6, 6.07) is 10.8. The fraction of sp³-hybridized carbons (Fsp3) is 0.708. The Morgan fingerprint density at radius 3 is 2.28 bits per heavy atom. The lowest BCUT2D eigenvalue weighted by Crippen LogP contribution is -2.56. The molecule has 0 spiro atoms. The number of hydrogen-bond donors (Lipinski definition) is 2. The topological polar surface area (TPSA) is 55.4 Å². The van der Waals surface area contributed by atoms with Crippen LogP contribution in [0.5, 0.6) is 0 Å². The molecule has 2 heterocycles. The number of benzene rings is 1. The van der Waals surface area contributed by atoms with Crippen LogP contribution >= 0.6 is 24.0 Å². The highest BCUT2D eigenvalue weighted by Gasteiger charge is 2.28. The Labute approximate surface area is 212 Å². The van der Waals surface area contributed by atoms with Crippen molar-refractivity contribution in [2.45, 2.75) is 32.4 Å². The zero-order chi connectivity index (χ0) is 21.9. The molecule has 0 radical (unpaired) electrons. The van der Waals surface area contributed by atoms with Gasteiger partial charge in [-0.1, -0.05) is 30.3 Å². The Balaban J connectivity index is 0.00000363. The molecule has 1 aromatic carbocycles. The van der Waals surface area contributed by atoms with Gasteiger partial charge in [0, 0.05) is 71.5 Å². The molecule has 32 heavy (non-hydrogen) atoms. The summed E-state index contributed by atoms with van der Waals surface area (Å²) in [5.74, 6) is 0.897. The van der Waals surface area contributed by atoms with Crippen molar-refractivity contribution in [2.24, 2.45) is 4.99 Å². The third-order valence-electron chi connectivity index (χ3n) is 6.44. The van der Waals surface area contributed by atoms with Crippen LogP contribution in [-0.4, -0.2) is 105 Å². The number of nitrogens with one attached hydrogen (secondary N) is 2. The number of halogens is 1. The summed E-state index contributed by atoms with van der Waals surface area (Å²) in [6.07, 6.45) is 1.13. The molecule has 0 saturated carbocycles. The van der Waals surface area contributed by atoms with Crippen LogP contribution < -0.4 is 10.6 Å². The molecule has 0 aliphatic carbocycles. The highest BCUT2D eigenvalue weighted by molar-refractivity contribution is 14.0. The second-order valence-electron chi connectivity index (χ2n) is 9.22. The van der Waals surface area contributed by atoms with Crippen molar-refractivity contribution in [3.8, 4) is 0 Å². The van der Waals surface area contributed by atoms with Crippen LogP contribution in [0.25, 0.3) is 0 Å². The van der Waals surface area contributed by atoms with Gasteiger partial charge in [-0.05, 0) is 32.4 Å². The van der Waals surface area contributed by atoms with Crippen molar-refractivity contribution >= 4 is 29.9 Å². The van der Waals surface area contributed by atoms with Gasteiger partial charge in [-0.3, -0.25) is 14.8 Å². The lowest BCUT2D eigenvalue weighted by Gasteiger charge is -2.41. The van der Waals surface area contributed by atoms with Crippen molar-refractivity contribution in [2.75, 3.05) is 79.2 Å². The van der Waals surface area contributed by atoms with Gasteiger partial charge < -0.3 is 20.3 Å². The van der Waals surface area contributed by atoms with Crippen LogP contribution in [0.3, 0.4) is 0 Å². The van der Waals surface area contributed by atoms with Crippen LogP contribution in [-0.2, 0) is 11.3 Å². The summed E-state index contributed by atoms with van der Waals surface area (Å²) < 4.78 is 5.48. The minimum absolute atomic E-state index is 0. The van der Waals surface area contributed by atoms with Crippen molar-refractivity contribution in [3.05, 3.63) is 35.9 Å². The number of rotatable bonds is 9. The van der Waals surface area contributed by atoms with E-state index in [9.17, 15) is 0 Å². The Morgan fingerprint density at radius 1 is 0.969 bits per heavy atom. The molecular weight excluding hydrogens is 515 g/mol. The smallest absolute Gasteiger partial charge is 0.191 e. The van der Waals surface area contributed by atoms with Crippen LogP contribution in [0.15, 0.2) is 35.3 Å². The van der Waals surface area contributed by atoms with E-state index in [1.54, 1.807) is 0 Å². The number of morpholine rings is 1. The zero-order valence-corrected chi connectivity index (χ0v) is 22.5. The van der Waals surface area contributed by atoms with E-state index in [0.29, 0.717) is 0 Å². The molecule has 3 rings (SSSR count). The summed E-state index contributed by atoms with van der Waals surface area (Å²) >= 11 is 0. The van der Waals surface area contributed by atoms with E-state index in [0.717, 1.165) is 91.0 Å². The molecule has 0 aromatic heterocycles. The Morgan fingerprint density at radius 2 is 1.62 bits per heavy atom. The molecule has 2 fully saturated rings. The summed E-state index contributed by atoms with van der Waals surface area (Å²) in [7, 11) is 1.85. The van der Waals surface area contributed by atoms with E-state index >= 15 is 0 Å². The van der Waals surface area contributed by atoms with E-state index in [2.05, 4.69) is 74.5 Å². The summed E-state index contributed by atoms with van der Waals surface area (Å²) in [5, 5.41) is 7.00. The third-order valence-corrected chi connectivity index (χ3v) is 6.44. The van der Waals surface area contributed by atoms with Gasteiger partial charge in [0.05, 0.1) is 13.2 Å². The standard InChI is InChI=1S/C24H42N6O.HI/c1-24(2,30-16-18-31-19-17-30)21-27-23(25-3)26-10-7-11-28-12-14-29(15-13-28)20-22-8-5-4-6-9-22;/h4-6,8-9H,7,10-21H2,1-3H3,(H2,25,26,27);1H. The predicted octanol–water partition coefficient (Wildman–Crippen LogP) is 2.09. The second kappa shape index (κ2) is 14.3. The molecule has 2 aliphatic heterocycles. The van der Waals surface area contributed by atoms with Crippen molar-refractivity contribution in [1.82, 2.24) is 25.3 Å². The van der Waals surface area contributed by atoms with Crippen molar-refractivity contribution in [1.29, 1.82) is 0 Å². The van der Waals surface area contributed by atoms with Crippen LogP contribution in [0.2, 0.25) is 0 Å². The Hall–Kier alpha value is -0.940. The molecule has 0 atom stereocenters. The monoisotopic (exact) mass is 558 g/mol. The molecular formula is C24H43IN6O. The molecule has 0 bridgehead atoms. The van der Waals surface area contributed by atoms with Crippen LogP contribution in [0.1, 0.15) is 25.8 Å². The molecule has 0 amide bonds. The van der Waals surface area contributed by atoms with Gasteiger partial charge in [0.25, 0.3) is 0 Å². The lowest BCUT2D eigenvalue weighted by atomic mass is 10.0. The molecule has 2 N–H and O–H groups in total. The zero-order valence-electron chi connectivity index (χ0n) is 20.2. The van der Waals surface area contributed by atoms with Crippen molar-refractivity contribution < 1.29 is 4.74 Å². The van der Waals surface area contributed by atoms with E-state index in [1.807, 2.05) is 7.05 Å². The van der Waals surface area contributed by atoms with Gasteiger partial charge in [-0.2, -0.15) is 0 Å². The Bertz CT molecular complexity index is 658. The van der Waals surface area contributed by atoms with E-state index in [1.165, 1.54) is 5.56 Å². The maximum absolute atomic E-state index is 5.48. The molecule has 8 heteroatoms. The molecule has 1 aromatic rings. The maximum Gasteiger partial charge on any atom is 0.191 e. The molecule has 0 unspecified atom stereocenters. The van der Waals surface area contributed by atoms with Crippen molar-refractivity contribution in [3.63, 3.8) is 0 Å². The van der Waals surface area contributed by atoms with Gasteiger partial charge in [-0.25, -0.2) is 0 Å². The maximum atomic E-state index is 5.48. The highest BCUT2D eigenvalue weighted by atomic mass is 127. The average Bonchev–Trinajstić information content (AvgIpc) is 2.81. The highest BCUT2D eigenvalue weighted by Crippen LogP contribution is 2.15. The van der Waals surface area contributed by atoms with Gasteiger partial charge in [0.2, 0.25) is 0 Å². The second-order valence-corrected chi connectivity index (χ2v) is 9.22. The molecule has 2 saturated heterocycles. The molecule has 2 aliphatic rings. The van der Waals surface area contributed by atoms with Gasteiger partial charge in [0.1, 0.15) is 0 Å². The minimum Gasteiger partial charge on any atom is -0.379 e. The van der Waals surface area contributed by atoms with E-state index < -0.39 is 0 Å². The number of ether oxygens (including phenoxy) is 1. The summed E-state index contributed by atoms with van der Waals surface area (Å²) in [4.78, 5) is 12.0. The molecule has 7 nitrogen and oxygen atoms in total. The van der Waals surface area contributed by atoms with Gasteiger partial charge >= 0.3 is 0 Å². The summed E-state index contributed by atoms with van der Waals surface area (Å²) in [5.41, 5.74) is 1.50. The quantitative estimate of drug-likeness (QED) is 0.210. The SMILES string of the molecule is CN=C(NCCCN1CCN(Cc2ccccc2)CC1)NCC(C)(C)N1CCOCC1.I. The largest absolute Gasteiger partial charge is 0.379 e. The summed E-state index contributed by atoms with van der Waals surface area (Å²) in [6.45, 7) is 16.9. The van der Waals surface area contributed by atoms with E-state index in [-0.39, 0.29) is 29.5 Å². The number of hydrogen-bond acceptors (Lipinski definition) is 5. The van der Waals surface area contributed by atoms with E-state index in [4.69, 9.17) is 4.74 Å². The number of nitrogens with zero attached hydrogens (tertiary/aromatic N) is 4. The third kappa shape index (κ3) is 9.13. The Kier molecular flexibility index (Phi) is 12.2. The van der Waals surface area contributed by atoms with Crippen LogP contribution in [0.4, 0.5) is 0 Å². The minimum atomic E-state index is 0. The average molecular weight is 559 g/mol. The normalized spacial score (nSPS) is 19.4. The molecule has 182 valence electrons. The first-order valence-electron chi connectivity index (χ1n) is 11.8. The number of guanidine groups is 1. The lowest BCUT2D eigenvalue weighted by molar-refractivity contribution is -0.00834. The first-order chi connectivity index (χ1) is 15.1. The van der Waals surface area contributed by atoms with Gasteiger partial charge in [-0.15, -0.1) is 24.0 Å². The fourth-order valence-electron chi connectivity index (χ4n) is 4.32. The fourth-order valence-corrected chi connectivity index (χ4v) is 4.32. The first-order valence-corrected chi connectivity index (χ1v) is 11.8. The first kappa shape index (κ1) is 27.3. The number of aliphatic imine (C=N–C) groups is 1. The van der Waals surface area contributed by atoms with Crippen LogP contribution in [0, 0.1) is 0 Å². The predicted molar refractivity (Wildman–Crippen MR) is 144 cm³/mol. The number of piperazine rings is 1. The van der Waals surface area contributed by atoms with Gasteiger partial charge in [0.15, 0.2) is 5.96 Å².